The Morgan fingerprint density at radius 1 is 1.33 bits per heavy atom. The van der Waals surface area contributed by atoms with Crippen LogP contribution >= 0.6 is 0 Å². The van der Waals surface area contributed by atoms with Crippen molar-refractivity contribution in [1.29, 1.82) is 0 Å². The first kappa shape index (κ1) is 13.5. The molecule has 0 aromatic carbocycles. The lowest BCUT2D eigenvalue weighted by Crippen LogP contribution is -2.33. The minimum Gasteiger partial charge on any atom is -0.311 e. The molecule has 1 aliphatic rings. The first-order valence-corrected chi connectivity index (χ1v) is 7.16. The van der Waals surface area contributed by atoms with E-state index in [9.17, 15) is 0 Å². The van der Waals surface area contributed by atoms with Gasteiger partial charge >= 0.3 is 0 Å². The standard InChI is InChI=1S/C15H25N3/c1-13(2)9-15(6-3-4-7-15)11-17-10-14-5-8-16-12-18-14/h5,8,12-13,17H,3-4,6-7,9-11H2,1-2H3. The average molecular weight is 247 g/mol. The monoisotopic (exact) mass is 247 g/mol. The topological polar surface area (TPSA) is 37.8 Å². The summed E-state index contributed by atoms with van der Waals surface area (Å²) < 4.78 is 0. The molecule has 0 aliphatic heterocycles. The highest BCUT2D eigenvalue weighted by Gasteiger charge is 2.33. The van der Waals surface area contributed by atoms with Gasteiger partial charge in [-0.15, -0.1) is 0 Å². The van der Waals surface area contributed by atoms with Gasteiger partial charge in [-0.2, -0.15) is 0 Å². The van der Waals surface area contributed by atoms with Crippen molar-refractivity contribution < 1.29 is 0 Å². The van der Waals surface area contributed by atoms with E-state index in [1.807, 2.05) is 12.3 Å². The van der Waals surface area contributed by atoms with Crippen molar-refractivity contribution >= 4 is 0 Å². The third-order valence-corrected chi connectivity index (χ3v) is 3.95. The summed E-state index contributed by atoms with van der Waals surface area (Å²) in [5.74, 6) is 0.795. The summed E-state index contributed by atoms with van der Waals surface area (Å²) in [6, 6.07) is 1.98. The third-order valence-electron chi connectivity index (χ3n) is 3.95. The van der Waals surface area contributed by atoms with Crippen molar-refractivity contribution in [1.82, 2.24) is 15.3 Å². The van der Waals surface area contributed by atoms with E-state index in [2.05, 4.69) is 29.1 Å². The Kier molecular flexibility index (Phi) is 4.70. The van der Waals surface area contributed by atoms with Gasteiger partial charge in [0.25, 0.3) is 0 Å². The summed E-state index contributed by atoms with van der Waals surface area (Å²) in [7, 11) is 0. The molecule has 0 bridgehead atoms. The largest absolute Gasteiger partial charge is 0.311 e. The SMILES string of the molecule is CC(C)CC1(CNCc2ccncn2)CCCC1. The van der Waals surface area contributed by atoms with E-state index in [-0.39, 0.29) is 0 Å². The smallest absolute Gasteiger partial charge is 0.115 e. The molecule has 0 atom stereocenters. The molecule has 1 aliphatic carbocycles. The maximum atomic E-state index is 4.25. The van der Waals surface area contributed by atoms with Crippen molar-refractivity contribution in [3.05, 3.63) is 24.3 Å². The predicted molar refractivity (Wildman–Crippen MR) is 74.1 cm³/mol. The summed E-state index contributed by atoms with van der Waals surface area (Å²) in [5, 5.41) is 3.60. The van der Waals surface area contributed by atoms with Crippen LogP contribution in [-0.4, -0.2) is 16.5 Å². The molecular weight excluding hydrogens is 222 g/mol. The van der Waals surface area contributed by atoms with E-state index in [1.54, 1.807) is 6.33 Å². The highest BCUT2D eigenvalue weighted by atomic mass is 14.9. The highest BCUT2D eigenvalue weighted by Crippen LogP contribution is 2.42. The molecule has 1 N–H and O–H groups in total. The Balaban J connectivity index is 1.83. The summed E-state index contributed by atoms with van der Waals surface area (Å²) in [6.45, 7) is 6.67. The van der Waals surface area contributed by atoms with Crippen molar-refractivity contribution in [2.75, 3.05) is 6.54 Å². The Hall–Kier alpha value is -0.960. The molecule has 1 saturated carbocycles. The summed E-state index contributed by atoms with van der Waals surface area (Å²) in [6.07, 6.45) is 10.4. The molecule has 3 heteroatoms. The van der Waals surface area contributed by atoms with E-state index < -0.39 is 0 Å². The van der Waals surface area contributed by atoms with Crippen molar-refractivity contribution in [3.63, 3.8) is 0 Å². The predicted octanol–water partition coefficient (Wildman–Crippen LogP) is 3.17. The molecule has 1 aromatic heterocycles. The van der Waals surface area contributed by atoms with Gasteiger partial charge in [-0.25, -0.2) is 9.97 Å². The van der Waals surface area contributed by atoms with Crippen molar-refractivity contribution in [2.24, 2.45) is 11.3 Å². The van der Waals surface area contributed by atoms with E-state index >= 15 is 0 Å². The van der Waals surface area contributed by atoms with Crippen LogP contribution in [-0.2, 0) is 6.54 Å². The zero-order valence-corrected chi connectivity index (χ0v) is 11.7. The van der Waals surface area contributed by atoms with Crippen LogP contribution in [0.3, 0.4) is 0 Å². The number of aromatic nitrogens is 2. The summed E-state index contributed by atoms with van der Waals surface area (Å²) in [5.41, 5.74) is 1.63. The van der Waals surface area contributed by atoms with Crippen LogP contribution in [0.4, 0.5) is 0 Å². The molecule has 0 spiro atoms. The summed E-state index contributed by atoms with van der Waals surface area (Å²) >= 11 is 0. The van der Waals surface area contributed by atoms with Gasteiger partial charge in [-0.1, -0.05) is 26.7 Å². The fraction of sp³-hybridized carbons (Fsp3) is 0.733. The van der Waals surface area contributed by atoms with Gasteiger partial charge in [0.1, 0.15) is 6.33 Å². The summed E-state index contributed by atoms with van der Waals surface area (Å²) in [4.78, 5) is 8.20. The maximum Gasteiger partial charge on any atom is 0.115 e. The van der Waals surface area contributed by atoms with Gasteiger partial charge < -0.3 is 5.32 Å². The third kappa shape index (κ3) is 3.77. The molecule has 1 aromatic rings. The van der Waals surface area contributed by atoms with Gasteiger partial charge in [0.15, 0.2) is 0 Å². The molecular formula is C15H25N3. The van der Waals surface area contributed by atoms with E-state index in [4.69, 9.17) is 0 Å². The van der Waals surface area contributed by atoms with Crippen LogP contribution in [0.15, 0.2) is 18.6 Å². The number of nitrogens with one attached hydrogen (secondary N) is 1. The van der Waals surface area contributed by atoms with Crippen LogP contribution < -0.4 is 5.32 Å². The number of nitrogens with zero attached hydrogens (tertiary/aromatic N) is 2. The zero-order valence-electron chi connectivity index (χ0n) is 11.7. The quantitative estimate of drug-likeness (QED) is 0.839. The van der Waals surface area contributed by atoms with Crippen LogP contribution in [0, 0.1) is 11.3 Å². The molecule has 3 nitrogen and oxygen atoms in total. The first-order chi connectivity index (χ1) is 8.70. The number of rotatable bonds is 6. The fourth-order valence-electron chi connectivity index (χ4n) is 3.32. The van der Waals surface area contributed by atoms with Crippen LogP contribution in [0.2, 0.25) is 0 Å². The minimum absolute atomic E-state index is 0.543. The van der Waals surface area contributed by atoms with Crippen LogP contribution in [0.1, 0.15) is 51.6 Å². The molecule has 1 fully saturated rings. The molecule has 18 heavy (non-hydrogen) atoms. The molecule has 0 amide bonds. The maximum absolute atomic E-state index is 4.25. The van der Waals surface area contributed by atoms with E-state index in [1.165, 1.54) is 32.1 Å². The number of hydrogen-bond acceptors (Lipinski definition) is 3. The Labute approximate surface area is 110 Å². The second-order valence-electron chi connectivity index (χ2n) is 6.11. The molecule has 0 radical (unpaired) electrons. The van der Waals surface area contributed by atoms with Gasteiger partial charge in [0.05, 0.1) is 5.69 Å². The van der Waals surface area contributed by atoms with Gasteiger partial charge in [0, 0.05) is 19.3 Å². The molecule has 1 heterocycles. The zero-order chi connectivity index (χ0) is 12.8. The lowest BCUT2D eigenvalue weighted by atomic mass is 9.78. The van der Waals surface area contributed by atoms with Gasteiger partial charge in [0.2, 0.25) is 0 Å². The Bertz CT molecular complexity index is 342. The van der Waals surface area contributed by atoms with Crippen LogP contribution in [0.25, 0.3) is 0 Å². The van der Waals surface area contributed by atoms with E-state index in [0.29, 0.717) is 5.41 Å². The minimum atomic E-state index is 0.543. The fourth-order valence-corrected chi connectivity index (χ4v) is 3.32. The van der Waals surface area contributed by atoms with Crippen LogP contribution in [0.5, 0.6) is 0 Å². The van der Waals surface area contributed by atoms with Crippen molar-refractivity contribution in [2.45, 2.75) is 52.5 Å². The normalized spacial score (nSPS) is 18.4. The second-order valence-corrected chi connectivity index (χ2v) is 6.11. The lowest BCUT2D eigenvalue weighted by molar-refractivity contribution is 0.223. The first-order valence-electron chi connectivity index (χ1n) is 7.16. The molecule has 0 unspecified atom stereocenters. The molecule has 100 valence electrons. The number of hydrogen-bond donors (Lipinski definition) is 1. The molecule has 2 rings (SSSR count). The van der Waals surface area contributed by atoms with Gasteiger partial charge in [-0.05, 0) is 36.7 Å². The Morgan fingerprint density at radius 3 is 2.72 bits per heavy atom. The Morgan fingerprint density at radius 2 is 2.11 bits per heavy atom. The van der Waals surface area contributed by atoms with E-state index in [0.717, 1.165) is 24.7 Å². The van der Waals surface area contributed by atoms with Gasteiger partial charge in [-0.3, -0.25) is 0 Å². The highest BCUT2D eigenvalue weighted by molar-refractivity contribution is 4.97. The van der Waals surface area contributed by atoms with Crippen molar-refractivity contribution in [3.8, 4) is 0 Å². The lowest BCUT2D eigenvalue weighted by Gasteiger charge is -2.31. The molecule has 0 saturated heterocycles. The average Bonchev–Trinajstić information content (AvgIpc) is 2.78. The second kappa shape index (κ2) is 6.28.